The van der Waals surface area contributed by atoms with E-state index in [1.165, 1.54) is 22.1 Å². The molecule has 9 heteroatoms. The number of aliphatic hydroxyl groups excluding tert-OH is 3. The third kappa shape index (κ3) is 3.96. The van der Waals surface area contributed by atoms with Gasteiger partial charge in [0.05, 0.1) is 6.61 Å². The molecule has 0 spiro atoms. The lowest BCUT2D eigenvalue weighted by atomic mass is 10.1. The third-order valence-corrected chi connectivity index (χ3v) is 4.75. The average Bonchev–Trinajstić information content (AvgIpc) is 2.91. The van der Waals surface area contributed by atoms with E-state index in [9.17, 15) is 28.9 Å². The summed E-state index contributed by atoms with van der Waals surface area (Å²) in [7, 11) is 0. The number of ether oxygens (including phenoxy) is 1. The van der Waals surface area contributed by atoms with Gasteiger partial charge in [-0.25, -0.2) is 13.6 Å². The normalized spacial score (nSPS) is 28.7. The van der Waals surface area contributed by atoms with Crippen LogP contribution in [-0.4, -0.2) is 75.4 Å². The molecule has 3 N–H and O–H groups in total. The molecule has 0 unspecified atom stereocenters. The number of urea groups is 1. The first-order valence-electron chi connectivity index (χ1n) is 8.62. The quantitative estimate of drug-likeness (QED) is 0.691. The molecule has 1 fully saturated rings. The molecule has 7 nitrogen and oxygen atoms in total. The highest BCUT2D eigenvalue weighted by atomic mass is 19.1. The molecule has 2 heterocycles. The fourth-order valence-corrected chi connectivity index (χ4v) is 3.31. The summed E-state index contributed by atoms with van der Waals surface area (Å²) in [5, 5.41) is 29.3. The van der Waals surface area contributed by atoms with Crippen LogP contribution in [0.3, 0.4) is 0 Å². The Morgan fingerprint density at radius 3 is 2.63 bits per heavy atom. The SMILES string of the molecule is CC1=CN([C@@H]2O[C@H](CO)[C@H](O)[C@@H]2O)C(=O)N(CCc2ccc(F)cc2F)C1. The van der Waals surface area contributed by atoms with Gasteiger partial charge in [-0.2, -0.15) is 0 Å². The second-order valence-corrected chi connectivity index (χ2v) is 6.80. The van der Waals surface area contributed by atoms with Crippen molar-refractivity contribution in [3.8, 4) is 0 Å². The smallest absolute Gasteiger partial charge is 0.326 e. The zero-order valence-electron chi connectivity index (χ0n) is 14.8. The van der Waals surface area contributed by atoms with E-state index in [0.29, 0.717) is 6.54 Å². The van der Waals surface area contributed by atoms with Gasteiger partial charge in [-0.15, -0.1) is 0 Å². The Hall–Kier alpha value is -2.07. The van der Waals surface area contributed by atoms with Crippen LogP contribution in [0.4, 0.5) is 13.6 Å². The average molecular weight is 384 g/mol. The van der Waals surface area contributed by atoms with Crippen molar-refractivity contribution in [1.82, 2.24) is 9.80 Å². The van der Waals surface area contributed by atoms with Crippen LogP contribution in [0.5, 0.6) is 0 Å². The molecular weight excluding hydrogens is 362 g/mol. The topological polar surface area (TPSA) is 93.5 Å². The zero-order valence-corrected chi connectivity index (χ0v) is 14.8. The maximum absolute atomic E-state index is 13.8. The molecule has 4 atom stereocenters. The van der Waals surface area contributed by atoms with Crippen molar-refractivity contribution in [1.29, 1.82) is 0 Å². The van der Waals surface area contributed by atoms with Crippen LogP contribution in [0.1, 0.15) is 12.5 Å². The van der Waals surface area contributed by atoms with E-state index in [-0.39, 0.29) is 18.5 Å². The molecule has 0 saturated carbocycles. The Kier molecular flexibility index (Phi) is 5.75. The van der Waals surface area contributed by atoms with Gasteiger partial charge in [0, 0.05) is 25.4 Å². The van der Waals surface area contributed by atoms with E-state index in [2.05, 4.69) is 0 Å². The largest absolute Gasteiger partial charge is 0.394 e. The molecule has 0 radical (unpaired) electrons. The second kappa shape index (κ2) is 7.89. The van der Waals surface area contributed by atoms with E-state index in [4.69, 9.17) is 4.74 Å². The number of aliphatic hydroxyl groups is 3. The molecule has 1 aromatic rings. The molecule has 2 aliphatic heterocycles. The Morgan fingerprint density at radius 1 is 1.26 bits per heavy atom. The van der Waals surface area contributed by atoms with Crippen molar-refractivity contribution >= 4 is 6.03 Å². The monoisotopic (exact) mass is 384 g/mol. The van der Waals surface area contributed by atoms with E-state index in [1.54, 1.807) is 6.92 Å². The highest BCUT2D eigenvalue weighted by molar-refractivity contribution is 5.77. The molecule has 1 saturated heterocycles. The van der Waals surface area contributed by atoms with Gasteiger partial charge in [0.1, 0.15) is 29.9 Å². The highest BCUT2D eigenvalue weighted by Gasteiger charge is 2.47. The van der Waals surface area contributed by atoms with Crippen LogP contribution < -0.4 is 0 Å². The number of carbonyl (C=O) groups excluding carboxylic acids is 1. The summed E-state index contributed by atoms with van der Waals surface area (Å²) < 4.78 is 32.2. The van der Waals surface area contributed by atoms with Gasteiger partial charge in [-0.1, -0.05) is 6.07 Å². The van der Waals surface area contributed by atoms with Crippen molar-refractivity contribution in [3.05, 3.63) is 47.2 Å². The molecule has 0 aliphatic carbocycles. The minimum Gasteiger partial charge on any atom is -0.394 e. The van der Waals surface area contributed by atoms with E-state index >= 15 is 0 Å². The van der Waals surface area contributed by atoms with Crippen LogP contribution in [0, 0.1) is 11.6 Å². The first-order valence-corrected chi connectivity index (χ1v) is 8.62. The van der Waals surface area contributed by atoms with Gasteiger partial charge in [-0.3, -0.25) is 4.90 Å². The summed E-state index contributed by atoms with van der Waals surface area (Å²) in [5.74, 6) is -1.34. The Morgan fingerprint density at radius 2 is 2.00 bits per heavy atom. The number of benzene rings is 1. The van der Waals surface area contributed by atoms with E-state index < -0.39 is 48.8 Å². The number of amides is 2. The Bertz CT molecular complexity index is 744. The Balaban J connectivity index is 1.72. The summed E-state index contributed by atoms with van der Waals surface area (Å²) in [6, 6.07) is 2.82. The molecule has 0 aromatic heterocycles. The van der Waals surface area contributed by atoms with Crippen molar-refractivity contribution in [2.75, 3.05) is 19.7 Å². The first kappa shape index (κ1) is 19.7. The number of rotatable bonds is 5. The maximum atomic E-state index is 13.8. The van der Waals surface area contributed by atoms with Gasteiger partial charge in [0.15, 0.2) is 6.23 Å². The number of hydrogen-bond acceptors (Lipinski definition) is 5. The lowest BCUT2D eigenvalue weighted by Crippen LogP contribution is -2.53. The summed E-state index contributed by atoms with van der Waals surface area (Å²) in [4.78, 5) is 15.4. The van der Waals surface area contributed by atoms with Crippen molar-refractivity contribution < 1.29 is 33.6 Å². The van der Waals surface area contributed by atoms with E-state index in [0.717, 1.165) is 17.7 Å². The lowest BCUT2D eigenvalue weighted by Gasteiger charge is -2.37. The third-order valence-electron chi connectivity index (χ3n) is 4.75. The van der Waals surface area contributed by atoms with Crippen LogP contribution >= 0.6 is 0 Å². The van der Waals surface area contributed by atoms with Gasteiger partial charge >= 0.3 is 6.03 Å². The fraction of sp³-hybridized carbons (Fsp3) is 0.500. The number of nitrogens with zero attached hydrogens (tertiary/aromatic N) is 2. The highest BCUT2D eigenvalue weighted by Crippen LogP contribution is 2.27. The van der Waals surface area contributed by atoms with Crippen molar-refractivity contribution in [2.45, 2.75) is 37.9 Å². The fourth-order valence-electron chi connectivity index (χ4n) is 3.31. The number of carbonyl (C=O) groups is 1. The maximum Gasteiger partial charge on any atom is 0.326 e. The molecule has 3 rings (SSSR count). The Labute approximate surface area is 155 Å². The molecule has 27 heavy (non-hydrogen) atoms. The zero-order chi connectivity index (χ0) is 19.7. The second-order valence-electron chi connectivity index (χ2n) is 6.80. The van der Waals surface area contributed by atoms with Gasteiger partial charge < -0.3 is 25.0 Å². The summed E-state index contributed by atoms with van der Waals surface area (Å²) in [6.45, 7) is 1.78. The van der Waals surface area contributed by atoms with Gasteiger partial charge in [-0.05, 0) is 30.5 Å². The molecule has 2 amide bonds. The first-order chi connectivity index (χ1) is 12.8. The number of halogens is 2. The van der Waals surface area contributed by atoms with Crippen molar-refractivity contribution in [3.63, 3.8) is 0 Å². The molecular formula is C18H22F2N2O5. The van der Waals surface area contributed by atoms with Crippen LogP contribution in [0.25, 0.3) is 0 Å². The molecule has 1 aromatic carbocycles. The summed E-state index contributed by atoms with van der Waals surface area (Å²) in [6.07, 6.45) is -3.10. The van der Waals surface area contributed by atoms with Gasteiger partial charge in [0.25, 0.3) is 0 Å². The number of hydrogen-bond donors (Lipinski definition) is 3. The minimum atomic E-state index is -1.37. The minimum absolute atomic E-state index is 0.178. The van der Waals surface area contributed by atoms with E-state index in [1.807, 2.05) is 0 Å². The van der Waals surface area contributed by atoms with Crippen LogP contribution in [0.2, 0.25) is 0 Å². The lowest BCUT2D eigenvalue weighted by molar-refractivity contribution is -0.0703. The standard InChI is InChI=1S/C18H22F2N2O5/c1-10-7-21(5-4-11-2-3-12(19)6-13(11)20)18(26)22(8-10)17-16(25)15(24)14(9-23)27-17/h2-3,6,8,14-17,23-25H,4-5,7,9H2,1H3/t14-,15+,16+,17-/m1/s1. The predicted molar refractivity (Wildman–Crippen MR) is 90.4 cm³/mol. The predicted octanol–water partition coefficient (Wildman–Crippen LogP) is 0.588. The van der Waals surface area contributed by atoms with Crippen LogP contribution in [0.15, 0.2) is 30.0 Å². The van der Waals surface area contributed by atoms with Crippen molar-refractivity contribution in [2.24, 2.45) is 0 Å². The van der Waals surface area contributed by atoms with Crippen LogP contribution in [-0.2, 0) is 11.2 Å². The van der Waals surface area contributed by atoms with Gasteiger partial charge in [0.2, 0.25) is 0 Å². The molecule has 148 valence electrons. The summed E-state index contributed by atoms with van der Waals surface area (Å²) >= 11 is 0. The molecule has 0 bridgehead atoms. The molecule has 2 aliphatic rings. The summed E-state index contributed by atoms with van der Waals surface area (Å²) in [5.41, 5.74) is 1.09.